The van der Waals surface area contributed by atoms with Gasteiger partial charge < -0.3 is 19.5 Å². The fourth-order valence-corrected chi connectivity index (χ4v) is 4.11. The van der Waals surface area contributed by atoms with Gasteiger partial charge in [0, 0.05) is 11.5 Å². The molecular formula is C18H25NO3. The molecule has 1 saturated heterocycles. The summed E-state index contributed by atoms with van der Waals surface area (Å²) in [5.41, 5.74) is 2.29. The molecule has 1 aliphatic heterocycles. The molecule has 4 nitrogen and oxygen atoms in total. The van der Waals surface area contributed by atoms with Gasteiger partial charge in [-0.2, -0.15) is 0 Å². The van der Waals surface area contributed by atoms with E-state index in [9.17, 15) is 5.11 Å². The molecule has 0 saturated carbocycles. The van der Waals surface area contributed by atoms with Gasteiger partial charge in [0.15, 0.2) is 11.5 Å². The van der Waals surface area contributed by atoms with Crippen LogP contribution in [0.15, 0.2) is 24.3 Å². The van der Waals surface area contributed by atoms with Crippen LogP contribution in [0, 0.1) is 6.92 Å². The van der Waals surface area contributed by atoms with E-state index in [1.807, 2.05) is 6.08 Å². The predicted molar refractivity (Wildman–Crippen MR) is 86.8 cm³/mol. The van der Waals surface area contributed by atoms with Crippen molar-refractivity contribution in [2.75, 3.05) is 27.8 Å². The number of aryl methyl sites for hydroxylation is 1. The van der Waals surface area contributed by atoms with Crippen LogP contribution in [0.5, 0.6) is 11.5 Å². The molecule has 0 radical (unpaired) electrons. The van der Waals surface area contributed by atoms with Crippen LogP contribution in [0.3, 0.4) is 0 Å². The zero-order chi connectivity index (χ0) is 15.9. The summed E-state index contributed by atoms with van der Waals surface area (Å²) in [6, 6.07) is 4.63. The highest BCUT2D eigenvalue weighted by Crippen LogP contribution is 2.47. The predicted octanol–water partition coefficient (Wildman–Crippen LogP) is 2.27. The second kappa shape index (κ2) is 5.60. The van der Waals surface area contributed by atoms with Crippen LogP contribution in [0.4, 0.5) is 0 Å². The highest BCUT2D eigenvalue weighted by molar-refractivity contribution is 5.53. The van der Waals surface area contributed by atoms with Gasteiger partial charge in [-0.15, -0.1) is 0 Å². The molecule has 1 N–H and O–H groups in total. The van der Waals surface area contributed by atoms with Gasteiger partial charge in [0.05, 0.1) is 20.3 Å². The van der Waals surface area contributed by atoms with Gasteiger partial charge in [-0.3, -0.25) is 0 Å². The Hall–Kier alpha value is -1.52. The standard InChI is InChI=1S/C18H25NO3/c1-12-9-13(10-15(21-3)17(12)22-4)18-6-5-14(20)11-16(18)19(2)8-7-18/h5-6,9-10,14,16,20H,7-8,11H2,1-4H3/t14-,16+,18+/m1/s1. The van der Waals surface area contributed by atoms with Crippen molar-refractivity contribution < 1.29 is 14.6 Å². The number of benzene rings is 1. The molecule has 1 aromatic rings. The third-order valence-corrected chi connectivity index (χ3v) is 5.29. The molecule has 0 unspecified atom stereocenters. The lowest BCUT2D eigenvalue weighted by Crippen LogP contribution is -2.44. The number of fused-ring (bicyclic) bond motifs is 1. The Kier molecular flexibility index (Phi) is 3.91. The van der Waals surface area contributed by atoms with Gasteiger partial charge in [-0.05, 0) is 50.6 Å². The SMILES string of the molecule is COc1cc([C@@]23C=C[C@@H](O)C[C@@H]2N(C)CC3)cc(C)c1OC. The van der Waals surface area contributed by atoms with Crippen LogP contribution in [-0.2, 0) is 5.41 Å². The van der Waals surface area contributed by atoms with Crippen LogP contribution in [0.2, 0.25) is 0 Å². The van der Waals surface area contributed by atoms with Gasteiger partial charge in [0.25, 0.3) is 0 Å². The summed E-state index contributed by atoms with van der Waals surface area (Å²) in [6.07, 6.45) is 5.64. The molecule has 1 aromatic carbocycles. The normalized spacial score (nSPS) is 31.1. The molecule has 0 aromatic heterocycles. The van der Waals surface area contributed by atoms with Gasteiger partial charge >= 0.3 is 0 Å². The average Bonchev–Trinajstić information content (AvgIpc) is 2.84. The Labute approximate surface area is 132 Å². The molecule has 3 rings (SSSR count). The van der Waals surface area contributed by atoms with E-state index in [0.717, 1.165) is 36.4 Å². The minimum Gasteiger partial charge on any atom is -0.493 e. The summed E-state index contributed by atoms with van der Waals surface area (Å²) in [4.78, 5) is 2.36. The topological polar surface area (TPSA) is 41.9 Å². The lowest BCUT2D eigenvalue weighted by Gasteiger charge is -2.40. The Morgan fingerprint density at radius 3 is 2.73 bits per heavy atom. The molecule has 1 fully saturated rings. The first-order chi connectivity index (χ1) is 10.5. The van der Waals surface area contributed by atoms with Crippen molar-refractivity contribution in [2.24, 2.45) is 0 Å². The highest BCUT2D eigenvalue weighted by Gasteiger charge is 2.48. The molecule has 1 heterocycles. The Morgan fingerprint density at radius 1 is 1.27 bits per heavy atom. The Bertz CT molecular complexity index is 598. The Balaban J connectivity index is 2.13. The summed E-state index contributed by atoms with van der Waals surface area (Å²) in [6.45, 7) is 3.09. The maximum Gasteiger partial charge on any atom is 0.163 e. The first-order valence-electron chi connectivity index (χ1n) is 7.82. The van der Waals surface area contributed by atoms with Gasteiger partial charge in [-0.25, -0.2) is 0 Å². The number of methoxy groups -OCH3 is 2. The van der Waals surface area contributed by atoms with Crippen molar-refractivity contribution in [3.63, 3.8) is 0 Å². The number of likely N-dealkylation sites (N-methyl/N-ethyl adjacent to an activating group) is 1. The van der Waals surface area contributed by atoms with E-state index in [2.05, 4.69) is 37.1 Å². The van der Waals surface area contributed by atoms with E-state index in [1.165, 1.54) is 5.56 Å². The largest absolute Gasteiger partial charge is 0.493 e. The molecule has 0 spiro atoms. The first kappa shape index (κ1) is 15.4. The third-order valence-electron chi connectivity index (χ3n) is 5.29. The van der Waals surface area contributed by atoms with E-state index in [4.69, 9.17) is 9.47 Å². The van der Waals surface area contributed by atoms with Crippen molar-refractivity contribution in [1.82, 2.24) is 4.90 Å². The average molecular weight is 303 g/mol. The van der Waals surface area contributed by atoms with Crippen molar-refractivity contribution in [1.29, 1.82) is 0 Å². The van der Waals surface area contributed by atoms with Crippen molar-refractivity contribution >= 4 is 0 Å². The van der Waals surface area contributed by atoms with Crippen LogP contribution in [0.1, 0.15) is 24.0 Å². The second-order valence-corrected chi connectivity index (χ2v) is 6.48. The van der Waals surface area contributed by atoms with Gasteiger partial charge in [0.1, 0.15) is 0 Å². The third kappa shape index (κ3) is 2.22. The quantitative estimate of drug-likeness (QED) is 0.870. The lowest BCUT2D eigenvalue weighted by atomic mass is 9.69. The smallest absolute Gasteiger partial charge is 0.163 e. The van der Waals surface area contributed by atoms with Crippen LogP contribution in [-0.4, -0.2) is 50.0 Å². The number of nitrogens with zero attached hydrogens (tertiary/aromatic N) is 1. The van der Waals surface area contributed by atoms with Crippen LogP contribution >= 0.6 is 0 Å². The molecule has 4 heteroatoms. The fraction of sp³-hybridized carbons (Fsp3) is 0.556. The molecule has 1 aliphatic carbocycles. The van der Waals surface area contributed by atoms with Crippen molar-refractivity contribution in [3.05, 3.63) is 35.4 Å². The number of aliphatic hydroxyl groups is 1. The summed E-state index contributed by atoms with van der Waals surface area (Å²) in [5.74, 6) is 1.57. The molecular weight excluding hydrogens is 278 g/mol. The number of hydrogen-bond donors (Lipinski definition) is 1. The minimum absolute atomic E-state index is 0.0434. The van der Waals surface area contributed by atoms with Crippen molar-refractivity contribution in [3.8, 4) is 11.5 Å². The van der Waals surface area contributed by atoms with Crippen LogP contribution < -0.4 is 9.47 Å². The second-order valence-electron chi connectivity index (χ2n) is 6.48. The fourth-order valence-electron chi connectivity index (χ4n) is 4.11. The zero-order valence-corrected chi connectivity index (χ0v) is 13.8. The van der Waals surface area contributed by atoms with Gasteiger partial charge in [-0.1, -0.05) is 18.2 Å². The maximum atomic E-state index is 10.0. The summed E-state index contributed by atoms with van der Waals surface area (Å²) in [5, 5.41) is 10.0. The molecule has 120 valence electrons. The number of ether oxygens (including phenoxy) is 2. The molecule has 0 bridgehead atoms. The number of hydrogen-bond acceptors (Lipinski definition) is 4. The molecule has 3 atom stereocenters. The zero-order valence-electron chi connectivity index (χ0n) is 13.8. The molecule has 2 aliphatic rings. The monoisotopic (exact) mass is 303 g/mol. The summed E-state index contributed by atoms with van der Waals surface area (Å²) in [7, 11) is 5.50. The summed E-state index contributed by atoms with van der Waals surface area (Å²) >= 11 is 0. The number of aliphatic hydroxyl groups excluding tert-OH is 1. The first-order valence-corrected chi connectivity index (χ1v) is 7.82. The maximum absolute atomic E-state index is 10.0. The van der Waals surface area contributed by atoms with Crippen molar-refractivity contribution in [2.45, 2.75) is 37.3 Å². The Morgan fingerprint density at radius 2 is 2.05 bits per heavy atom. The van der Waals surface area contributed by atoms with E-state index in [1.54, 1.807) is 14.2 Å². The van der Waals surface area contributed by atoms with E-state index < -0.39 is 0 Å². The number of likely N-dealkylation sites (tertiary alicyclic amines) is 1. The van der Waals surface area contributed by atoms with Gasteiger partial charge in [0.2, 0.25) is 0 Å². The van der Waals surface area contributed by atoms with E-state index >= 15 is 0 Å². The highest BCUT2D eigenvalue weighted by atomic mass is 16.5. The number of rotatable bonds is 3. The minimum atomic E-state index is -0.347. The molecule has 22 heavy (non-hydrogen) atoms. The lowest BCUT2D eigenvalue weighted by molar-refractivity contribution is 0.137. The van der Waals surface area contributed by atoms with E-state index in [0.29, 0.717) is 6.04 Å². The summed E-state index contributed by atoms with van der Waals surface area (Å²) < 4.78 is 11.0. The molecule has 0 amide bonds. The van der Waals surface area contributed by atoms with E-state index in [-0.39, 0.29) is 11.5 Å². The van der Waals surface area contributed by atoms with Crippen LogP contribution in [0.25, 0.3) is 0 Å².